The predicted octanol–water partition coefficient (Wildman–Crippen LogP) is 10.9. The van der Waals surface area contributed by atoms with Gasteiger partial charge in [-0.2, -0.15) is 0 Å². The molecule has 3 heterocycles. The maximum absolute atomic E-state index is 13.4. The second-order valence-corrected chi connectivity index (χ2v) is 26.8. The molecule has 0 radical (unpaired) electrons. The zero-order valence-corrected chi connectivity index (χ0v) is 57.7. The van der Waals surface area contributed by atoms with E-state index in [0.29, 0.717) is 6.42 Å². The Bertz CT molecular complexity index is 1870. The van der Waals surface area contributed by atoms with Crippen molar-refractivity contribution in [3.8, 4) is 0 Å². The van der Waals surface area contributed by atoms with Gasteiger partial charge in [0.05, 0.1) is 38.6 Å². The number of nitrogens with one attached hydrogen (secondary N) is 1. The third kappa shape index (κ3) is 37.0. The quantitative estimate of drug-likeness (QED) is 0.0199. The van der Waals surface area contributed by atoms with Crippen LogP contribution in [0, 0.1) is 0 Å². The van der Waals surface area contributed by atoms with Gasteiger partial charge in [0.15, 0.2) is 18.9 Å². The monoisotopic (exact) mass is 1330 g/mol. The standard InChI is InChI=1S/C74H135NO18/c1-3-5-7-9-11-13-15-17-19-21-23-25-26-27-28-29-30-32-34-36-38-40-42-44-46-48-50-52-62(80)75-57(58(79)51-49-47-45-43-41-39-37-35-33-31-24-22-20-18-16-14-12-10-8-6-4-2)56-88-72-68(86)65(83)70(60(54-77)90-72)93-74-69(87)66(84)71(61(55-78)91-74)92-73-67(85)64(82)63(81)59(53-76)89-73/h15,17,21,23,26-27,49,51,57-61,63-74,76-79,81-87H,3-14,16,18-20,22,24-25,28-48,50,52-56H2,1-2H3,(H,75,80)/b17-15-,23-21-,27-26-,51-49+. The van der Waals surface area contributed by atoms with E-state index in [1.165, 1.54) is 193 Å². The molecule has 17 unspecified atom stereocenters. The fraction of sp³-hybridized carbons (Fsp3) is 0.878. The molecule has 93 heavy (non-hydrogen) atoms. The van der Waals surface area contributed by atoms with Crippen LogP contribution in [-0.2, 0) is 33.2 Å². The summed E-state index contributed by atoms with van der Waals surface area (Å²) in [7, 11) is 0. The Kier molecular flexibility index (Phi) is 50.8. The molecule has 17 atom stereocenters. The third-order valence-corrected chi connectivity index (χ3v) is 18.6. The number of aliphatic hydroxyl groups is 11. The Balaban J connectivity index is 1.41. The van der Waals surface area contributed by atoms with Gasteiger partial charge in [0, 0.05) is 6.42 Å². The van der Waals surface area contributed by atoms with Crippen molar-refractivity contribution in [2.75, 3.05) is 26.4 Å². The van der Waals surface area contributed by atoms with E-state index in [4.69, 9.17) is 28.4 Å². The number of hydrogen-bond donors (Lipinski definition) is 12. The summed E-state index contributed by atoms with van der Waals surface area (Å²) in [5, 5.41) is 121. The molecular weight excluding hydrogens is 1190 g/mol. The summed E-state index contributed by atoms with van der Waals surface area (Å²) in [6.45, 7) is 1.75. The Morgan fingerprint density at radius 2 is 0.710 bits per heavy atom. The van der Waals surface area contributed by atoms with E-state index >= 15 is 0 Å². The van der Waals surface area contributed by atoms with E-state index in [0.717, 1.165) is 64.2 Å². The second kappa shape index (κ2) is 55.6. The van der Waals surface area contributed by atoms with E-state index in [1.54, 1.807) is 6.08 Å². The molecule has 12 N–H and O–H groups in total. The number of carbonyl (C=O) groups excluding carboxylic acids is 1. The van der Waals surface area contributed by atoms with Gasteiger partial charge in [0.25, 0.3) is 0 Å². The van der Waals surface area contributed by atoms with Gasteiger partial charge in [-0.15, -0.1) is 0 Å². The molecule has 0 bridgehead atoms. The Morgan fingerprint density at radius 3 is 1.11 bits per heavy atom. The molecular formula is C74H135NO18. The minimum Gasteiger partial charge on any atom is -0.394 e. The lowest BCUT2D eigenvalue weighted by molar-refractivity contribution is -0.379. The molecule has 19 heteroatoms. The number of unbranched alkanes of at least 4 members (excludes halogenated alkanes) is 36. The van der Waals surface area contributed by atoms with Gasteiger partial charge in [-0.1, -0.05) is 268 Å². The third-order valence-electron chi connectivity index (χ3n) is 18.6. The molecule has 3 aliphatic rings. The molecule has 0 aliphatic carbocycles. The van der Waals surface area contributed by atoms with Crippen molar-refractivity contribution in [1.82, 2.24) is 5.32 Å². The van der Waals surface area contributed by atoms with Crippen molar-refractivity contribution < 1.29 is 89.4 Å². The van der Waals surface area contributed by atoms with Crippen molar-refractivity contribution in [2.24, 2.45) is 0 Å². The average molecular weight is 1330 g/mol. The number of allylic oxidation sites excluding steroid dienone is 7. The van der Waals surface area contributed by atoms with Gasteiger partial charge < -0.3 is 89.9 Å². The zero-order valence-electron chi connectivity index (χ0n) is 57.7. The molecule has 0 aromatic carbocycles. The van der Waals surface area contributed by atoms with Crippen LogP contribution in [0.3, 0.4) is 0 Å². The highest BCUT2D eigenvalue weighted by Gasteiger charge is 2.53. The van der Waals surface area contributed by atoms with Crippen LogP contribution in [0.1, 0.15) is 284 Å². The predicted molar refractivity (Wildman–Crippen MR) is 365 cm³/mol. The van der Waals surface area contributed by atoms with Crippen LogP contribution in [-0.4, -0.2) is 193 Å². The normalized spacial score (nSPS) is 27.8. The topological polar surface area (TPSA) is 307 Å². The first kappa shape index (κ1) is 85.0. The largest absolute Gasteiger partial charge is 0.394 e. The first-order chi connectivity index (χ1) is 45.3. The molecule has 0 aromatic heterocycles. The molecule has 3 fully saturated rings. The summed E-state index contributed by atoms with van der Waals surface area (Å²) in [6.07, 6.45) is 40.8. The van der Waals surface area contributed by atoms with Gasteiger partial charge in [-0.3, -0.25) is 4.79 Å². The molecule has 544 valence electrons. The van der Waals surface area contributed by atoms with Crippen LogP contribution in [0.5, 0.6) is 0 Å². The molecule has 0 saturated carbocycles. The first-order valence-corrected chi connectivity index (χ1v) is 37.4. The summed E-state index contributed by atoms with van der Waals surface area (Å²) in [4.78, 5) is 13.4. The smallest absolute Gasteiger partial charge is 0.220 e. The summed E-state index contributed by atoms with van der Waals surface area (Å²) in [5.74, 6) is -0.275. The van der Waals surface area contributed by atoms with E-state index in [1.807, 2.05) is 6.08 Å². The number of hydrogen-bond acceptors (Lipinski definition) is 18. The molecule has 0 aromatic rings. The van der Waals surface area contributed by atoms with Crippen LogP contribution >= 0.6 is 0 Å². The minimum absolute atomic E-state index is 0.241. The maximum Gasteiger partial charge on any atom is 0.220 e. The fourth-order valence-corrected chi connectivity index (χ4v) is 12.6. The molecule has 3 saturated heterocycles. The first-order valence-electron chi connectivity index (χ1n) is 37.4. The molecule has 3 aliphatic heterocycles. The summed E-state index contributed by atoms with van der Waals surface area (Å²) < 4.78 is 34.4. The lowest BCUT2D eigenvalue weighted by Gasteiger charge is -2.48. The number of ether oxygens (including phenoxy) is 6. The van der Waals surface area contributed by atoms with Gasteiger partial charge in [0.2, 0.25) is 5.91 Å². The van der Waals surface area contributed by atoms with Crippen molar-refractivity contribution in [2.45, 2.75) is 388 Å². The van der Waals surface area contributed by atoms with Crippen molar-refractivity contribution in [1.29, 1.82) is 0 Å². The summed E-state index contributed by atoms with van der Waals surface area (Å²) in [6, 6.07) is -0.976. The van der Waals surface area contributed by atoms with Crippen molar-refractivity contribution in [3.63, 3.8) is 0 Å². The van der Waals surface area contributed by atoms with Crippen molar-refractivity contribution in [3.05, 3.63) is 48.6 Å². The van der Waals surface area contributed by atoms with E-state index in [-0.39, 0.29) is 18.9 Å². The maximum atomic E-state index is 13.4. The molecule has 19 nitrogen and oxygen atoms in total. The molecule has 1 amide bonds. The van der Waals surface area contributed by atoms with Crippen LogP contribution < -0.4 is 5.32 Å². The number of carbonyl (C=O) groups is 1. The number of aliphatic hydroxyl groups excluding tert-OH is 11. The lowest BCUT2D eigenvalue weighted by Crippen LogP contribution is -2.66. The van der Waals surface area contributed by atoms with Crippen LogP contribution in [0.2, 0.25) is 0 Å². The van der Waals surface area contributed by atoms with Crippen LogP contribution in [0.15, 0.2) is 48.6 Å². The van der Waals surface area contributed by atoms with Gasteiger partial charge in [0.1, 0.15) is 73.2 Å². The summed E-state index contributed by atoms with van der Waals surface area (Å²) in [5.41, 5.74) is 0. The van der Waals surface area contributed by atoms with Gasteiger partial charge in [-0.05, 0) is 57.8 Å². The number of amides is 1. The van der Waals surface area contributed by atoms with E-state index in [2.05, 4.69) is 55.6 Å². The Hall–Kier alpha value is -2.25. The Labute approximate surface area is 561 Å². The molecule has 3 rings (SSSR count). The van der Waals surface area contributed by atoms with Gasteiger partial charge >= 0.3 is 0 Å². The van der Waals surface area contributed by atoms with E-state index in [9.17, 15) is 61.0 Å². The van der Waals surface area contributed by atoms with Crippen LogP contribution in [0.4, 0.5) is 0 Å². The minimum atomic E-state index is -1.98. The highest BCUT2D eigenvalue weighted by Crippen LogP contribution is 2.33. The lowest BCUT2D eigenvalue weighted by atomic mass is 9.96. The Morgan fingerprint density at radius 1 is 0.387 bits per heavy atom. The zero-order chi connectivity index (χ0) is 67.5. The van der Waals surface area contributed by atoms with Crippen molar-refractivity contribution >= 4 is 5.91 Å². The molecule has 0 spiro atoms. The highest BCUT2D eigenvalue weighted by atomic mass is 16.8. The highest BCUT2D eigenvalue weighted by molar-refractivity contribution is 5.76. The number of rotatable bonds is 58. The van der Waals surface area contributed by atoms with Crippen LogP contribution in [0.25, 0.3) is 0 Å². The van der Waals surface area contributed by atoms with E-state index < -0.39 is 124 Å². The average Bonchev–Trinajstić information content (AvgIpc) is 0.902. The summed E-state index contributed by atoms with van der Waals surface area (Å²) >= 11 is 0. The van der Waals surface area contributed by atoms with Gasteiger partial charge in [-0.25, -0.2) is 0 Å². The SMILES string of the molecule is CCCCCCC/C=C\C/C=C\C/C=C\CCCCCCCCCCCCCCC(=O)NC(COC1OC(CO)C(OC2OC(CO)C(OC3OC(CO)C(O)C(O)C3O)C(O)C2O)C(O)C1O)C(O)/C=C/CCCCCCCCCCCCCCCCCCCCC. The second-order valence-electron chi connectivity index (χ2n) is 26.8. The fourth-order valence-electron chi connectivity index (χ4n) is 12.6.